The molecule has 0 bridgehead atoms. The van der Waals surface area contributed by atoms with Crippen LogP contribution in [-0.2, 0) is 11.2 Å². The smallest absolute Gasteiger partial charge is 0.326 e. The number of aryl methyl sites for hydroxylation is 1. The van der Waals surface area contributed by atoms with E-state index in [0.29, 0.717) is 42.6 Å². The number of Topliss-reactive ketones (excluding diaryl/α,β-unsaturated/α-hetero) is 1. The van der Waals surface area contributed by atoms with Gasteiger partial charge in [0.25, 0.3) is 5.91 Å². The highest BCUT2D eigenvalue weighted by Crippen LogP contribution is 2.28. The fourth-order valence-electron chi connectivity index (χ4n) is 3.40. The van der Waals surface area contributed by atoms with Gasteiger partial charge < -0.3 is 15.0 Å². The van der Waals surface area contributed by atoms with Gasteiger partial charge in [0.05, 0.1) is 0 Å². The van der Waals surface area contributed by atoms with Crippen LogP contribution in [0, 0.1) is 6.92 Å². The Hall–Kier alpha value is -2.11. The summed E-state index contributed by atoms with van der Waals surface area (Å²) in [7, 11) is 0. The van der Waals surface area contributed by atoms with E-state index in [1.165, 1.54) is 4.90 Å². The molecule has 6 nitrogen and oxygen atoms in total. The summed E-state index contributed by atoms with van der Waals surface area (Å²) in [4.78, 5) is 40.3. The first-order valence-corrected chi connectivity index (χ1v) is 7.29. The summed E-state index contributed by atoms with van der Waals surface area (Å²) >= 11 is 0. The van der Waals surface area contributed by atoms with E-state index < -0.39 is 12.0 Å². The monoisotopic (exact) mass is 290 g/mol. The van der Waals surface area contributed by atoms with Crippen molar-refractivity contribution >= 4 is 17.7 Å². The van der Waals surface area contributed by atoms with Crippen LogP contribution >= 0.6 is 0 Å². The average Bonchev–Trinajstić information content (AvgIpc) is 3.04. The third kappa shape index (κ3) is 2.14. The minimum absolute atomic E-state index is 0.0697. The van der Waals surface area contributed by atoms with Gasteiger partial charge in [-0.15, -0.1) is 0 Å². The second-order valence-corrected chi connectivity index (χ2v) is 5.75. The van der Waals surface area contributed by atoms with E-state index in [4.69, 9.17) is 0 Å². The number of nitrogens with zero attached hydrogens (tertiary/aromatic N) is 1. The van der Waals surface area contributed by atoms with Gasteiger partial charge in [-0.1, -0.05) is 0 Å². The molecule has 1 amide bonds. The van der Waals surface area contributed by atoms with Crippen molar-refractivity contribution in [2.24, 2.45) is 0 Å². The largest absolute Gasteiger partial charge is 0.480 e. The van der Waals surface area contributed by atoms with Crippen LogP contribution in [0.25, 0.3) is 0 Å². The van der Waals surface area contributed by atoms with Crippen molar-refractivity contribution in [3.8, 4) is 0 Å². The highest BCUT2D eigenvalue weighted by molar-refractivity contribution is 6.04. The fraction of sp³-hybridized carbons (Fsp3) is 0.533. The van der Waals surface area contributed by atoms with E-state index in [0.717, 1.165) is 18.5 Å². The van der Waals surface area contributed by atoms with Gasteiger partial charge >= 0.3 is 5.97 Å². The van der Waals surface area contributed by atoms with Crippen LogP contribution in [0.1, 0.15) is 57.8 Å². The number of aliphatic carboxylic acids is 1. The quantitative estimate of drug-likeness (QED) is 0.864. The molecule has 1 unspecified atom stereocenters. The zero-order chi connectivity index (χ0) is 15.1. The first-order valence-electron chi connectivity index (χ1n) is 7.29. The zero-order valence-electron chi connectivity index (χ0n) is 11.9. The molecule has 0 spiro atoms. The van der Waals surface area contributed by atoms with Gasteiger partial charge in [-0.2, -0.15) is 0 Å². The average molecular weight is 290 g/mol. The molecule has 2 aliphatic rings. The summed E-state index contributed by atoms with van der Waals surface area (Å²) < 4.78 is 0. The van der Waals surface area contributed by atoms with Crippen molar-refractivity contribution in [3.63, 3.8) is 0 Å². The van der Waals surface area contributed by atoms with Crippen molar-refractivity contribution in [1.29, 1.82) is 0 Å². The lowest BCUT2D eigenvalue weighted by molar-refractivity contribution is -0.141. The highest BCUT2D eigenvalue weighted by Gasteiger charge is 2.36. The van der Waals surface area contributed by atoms with Gasteiger partial charge in [0.1, 0.15) is 11.7 Å². The summed E-state index contributed by atoms with van der Waals surface area (Å²) in [6.07, 6.45) is 3.25. The number of ketones is 1. The molecule has 1 fully saturated rings. The molecule has 6 heteroatoms. The third-order valence-corrected chi connectivity index (χ3v) is 4.45. The summed E-state index contributed by atoms with van der Waals surface area (Å²) in [5.74, 6) is -1.20. The molecule has 1 aromatic heterocycles. The number of aromatic amines is 1. The number of aromatic nitrogens is 1. The lowest BCUT2D eigenvalue weighted by atomic mass is 9.93. The molecule has 0 radical (unpaired) electrons. The number of rotatable bonds is 2. The van der Waals surface area contributed by atoms with Crippen molar-refractivity contribution in [2.45, 2.75) is 45.1 Å². The number of carboxylic acids is 1. The van der Waals surface area contributed by atoms with Crippen LogP contribution in [0.15, 0.2) is 0 Å². The van der Waals surface area contributed by atoms with E-state index in [-0.39, 0.29) is 11.7 Å². The summed E-state index contributed by atoms with van der Waals surface area (Å²) in [6, 6.07) is -0.757. The van der Waals surface area contributed by atoms with Crippen LogP contribution in [0.4, 0.5) is 0 Å². The maximum Gasteiger partial charge on any atom is 0.326 e. The van der Waals surface area contributed by atoms with Gasteiger partial charge in [-0.3, -0.25) is 9.59 Å². The third-order valence-electron chi connectivity index (χ3n) is 4.45. The Morgan fingerprint density at radius 1 is 1.29 bits per heavy atom. The Balaban J connectivity index is 1.96. The molecule has 1 saturated heterocycles. The number of nitrogens with one attached hydrogen (secondary N) is 1. The highest BCUT2D eigenvalue weighted by atomic mass is 16.4. The molecule has 0 aromatic carbocycles. The number of amides is 1. The molecule has 112 valence electrons. The number of carbonyl (C=O) groups excluding carboxylic acids is 2. The van der Waals surface area contributed by atoms with E-state index in [9.17, 15) is 19.5 Å². The maximum absolute atomic E-state index is 12.6. The Bertz CT molecular complexity index is 632. The number of carbonyl (C=O) groups is 3. The van der Waals surface area contributed by atoms with Crippen molar-refractivity contribution < 1.29 is 19.5 Å². The van der Waals surface area contributed by atoms with Gasteiger partial charge in [0.15, 0.2) is 5.78 Å². The van der Waals surface area contributed by atoms with Crippen LogP contribution in [0.2, 0.25) is 0 Å². The number of carboxylic acid groups (broad SMARTS) is 1. The van der Waals surface area contributed by atoms with E-state index in [2.05, 4.69) is 4.98 Å². The molecule has 1 atom stereocenters. The zero-order valence-corrected chi connectivity index (χ0v) is 11.9. The van der Waals surface area contributed by atoms with Gasteiger partial charge in [-0.25, -0.2) is 4.79 Å². The number of hydrogen-bond donors (Lipinski definition) is 2. The summed E-state index contributed by atoms with van der Waals surface area (Å²) in [6.45, 7) is 2.21. The normalized spacial score (nSPS) is 21.5. The van der Waals surface area contributed by atoms with E-state index in [1.54, 1.807) is 6.92 Å². The Morgan fingerprint density at radius 2 is 2.05 bits per heavy atom. The van der Waals surface area contributed by atoms with Crippen LogP contribution in [0.5, 0.6) is 0 Å². The number of H-pyrrole nitrogens is 1. The first-order chi connectivity index (χ1) is 10.0. The molecule has 1 aliphatic carbocycles. The van der Waals surface area contributed by atoms with Crippen LogP contribution < -0.4 is 0 Å². The molecule has 1 aromatic rings. The predicted molar refractivity (Wildman–Crippen MR) is 74.5 cm³/mol. The van der Waals surface area contributed by atoms with Gasteiger partial charge in [-0.05, 0) is 38.2 Å². The lowest BCUT2D eigenvalue weighted by Crippen LogP contribution is -2.40. The van der Waals surface area contributed by atoms with E-state index >= 15 is 0 Å². The lowest BCUT2D eigenvalue weighted by Gasteiger charge is -2.21. The van der Waals surface area contributed by atoms with Gasteiger partial charge in [0.2, 0.25) is 0 Å². The molecule has 2 heterocycles. The second kappa shape index (κ2) is 5.02. The number of hydrogen-bond acceptors (Lipinski definition) is 3. The van der Waals surface area contributed by atoms with Crippen molar-refractivity contribution in [1.82, 2.24) is 9.88 Å². The topological polar surface area (TPSA) is 90.5 Å². The molecule has 21 heavy (non-hydrogen) atoms. The van der Waals surface area contributed by atoms with Crippen molar-refractivity contribution in [3.05, 3.63) is 22.5 Å². The summed E-state index contributed by atoms with van der Waals surface area (Å²) in [5.41, 5.74) is 2.49. The standard InChI is InChI=1S/C15H18N2O4/c1-8-12-9(4-2-6-11(12)18)16-13(8)14(19)17-7-3-5-10(17)15(20)21/h10,16H,2-7H2,1H3,(H,20,21). The number of fused-ring (bicyclic) bond motifs is 1. The molecular formula is C15H18N2O4. The maximum atomic E-state index is 12.6. The predicted octanol–water partition coefficient (Wildman–Crippen LogP) is 1.53. The minimum atomic E-state index is -0.967. The minimum Gasteiger partial charge on any atom is -0.480 e. The summed E-state index contributed by atoms with van der Waals surface area (Å²) in [5, 5.41) is 9.19. The fourth-order valence-corrected chi connectivity index (χ4v) is 3.40. The molecule has 0 saturated carbocycles. The molecular weight excluding hydrogens is 272 g/mol. The number of likely N-dealkylation sites (tertiary alicyclic amines) is 1. The second-order valence-electron chi connectivity index (χ2n) is 5.75. The Kier molecular flexibility index (Phi) is 3.31. The Labute approximate surface area is 122 Å². The molecule has 3 rings (SSSR count). The van der Waals surface area contributed by atoms with Gasteiger partial charge in [0, 0.05) is 24.2 Å². The molecule has 2 N–H and O–H groups in total. The van der Waals surface area contributed by atoms with Crippen LogP contribution in [-0.4, -0.2) is 45.2 Å². The van der Waals surface area contributed by atoms with Crippen molar-refractivity contribution in [2.75, 3.05) is 6.54 Å². The van der Waals surface area contributed by atoms with Crippen LogP contribution in [0.3, 0.4) is 0 Å². The first kappa shape index (κ1) is 13.9. The molecule has 1 aliphatic heterocycles. The SMILES string of the molecule is Cc1c(C(=O)N2CCCC2C(=O)O)[nH]c2c1C(=O)CCC2. The Morgan fingerprint density at radius 3 is 2.71 bits per heavy atom. The van der Waals surface area contributed by atoms with E-state index in [1.807, 2.05) is 0 Å².